The summed E-state index contributed by atoms with van der Waals surface area (Å²) in [6.45, 7) is 0. The number of nitrogens with two attached hydrogens (primary N) is 1. The van der Waals surface area contributed by atoms with Gasteiger partial charge in [0.05, 0.1) is 9.99 Å². The fraction of sp³-hybridized carbons (Fsp3) is 0.400. The van der Waals surface area contributed by atoms with Gasteiger partial charge in [-0.2, -0.15) is 0 Å². The van der Waals surface area contributed by atoms with E-state index in [1.807, 2.05) is 6.07 Å². The van der Waals surface area contributed by atoms with Crippen molar-refractivity contribution in [1.82, 2.24) is 15.3 Å². The number of pyridine rings is 2. The van der Waals surface area contributed by atoms with Crippen LogP contribution in [0.1, 0.15) is 29.8 Å². The first-order chi connectivity index (χ1) is 10.1. The number of fused-ring (bicyclic) bond motifs is 1. The van der Waals surface area contributed by atoms with Gasteiger partial charge in [-0.25, -0.2) is 4.98 Å². The lowest BCUT2D eigenvalue weighted by molar-refractivity contribution is 0.0869. The van der Waals surface area contributed by atoms with E-state index in [9.17, 15) is 4.79 Å². The standard InChI is InChI=1S/C15H15BrN4O/c16-10-7-18-6-8-1-2-11(20-13(8)10)14(21)19-9-3-15(4-9)5-12(15)17/h1-2,6-7,9,12H,3-5,17H2,(H,19,21). The molecule has 2 heterocycles. The van der Waals surface area contributed by atoms with Gasteiger partial charge in [-0.15, -0.1) is 0 Å². The van der Waals surface area contributed by atoms with Gasteiger partial charge in [0.2, 0.25) is 0 Å². The molecule has 2 aromatic rings. The molecule has 2 aromatic heterocycles. The topological polar surface area (TPSA) is 80.9 Å². The van der Waals surface area contributed by atoms with Gasteiger partial charge in [-0.3, -0.25) is 9.78 Å². The number of carbonyl (C=O) groups is 1. The molecule has 3 N–H and O–H groups in total. The quantitative estimate of drug-likeness (QED) is 0.871. The SMILES string of the molecule is NC1CC12CC(NC(=O)c1ccc3cncc(Br)c3n1)C2. The molecule has 4 rings (SSSR count). The van der Waals surface area contributed by atoms with Gasteiger partial charge in [0.1, 0.15) is 5.69 Å². The molecule has 1 unspecified atom stereocenters. The van der Waals surface area contributed by atoms with E-state index in [1.165, 1.54) is 0 Å². The smallest absolute Gasteiger partial charge is 0.270 e. The Morgan fingerprint density at radius 1 is 1.33 bits per heavy atom. The van der Waals surface area contributed by atoms with Crippen LogP contribution >= 0.6 is 15.9 Å². The highest BCUT2D eigenvalue weighted by Gasteiger charge is 2.60. The second-order valence-electron chi connectivity index (χ2n) is 6.14. The summed E-state index contributed by atoms with van der Waals surface area (Å²) in [7, 11) is 0. The molecule has 0 aromatic carbocycles. The first-order valence-corrected chi connectivity index (χ1v) is 7.83. The highest BCUT2D eigenvalue weighted by molar-refractivity contribution is 9.10. The fourth-order valence-electron chi connectivity index (χ4n) is 3.27. The van der Waals surface area contributed by atoms with E-state index in [1.54, 1.807) is 18.5 Å². The Morgan fingerprint density at radius 3 is 2.81 bits per heavy atom. The molecule has 5 nitrogen and oxygen atoms in total. The normalized spacial score (nSPS) is 30.2. The number of nitrogens with zero attached hydrogens (tertiary/aromatic N) is 2. The van der Waals surface area contributed by atoms with E-state index in [0.717, 1.165) is 34.6 Å². The zero-order valence-corrected chi connectivity index (χ0v) is 12.9. The molecular weight excluding hydrogens is 332 g/mol. The van der Waals surface area contributed by atoms with Crippen molar-refractivity contribution in [2.75, 3.05) is 0 Å². The Hall–Kier alpha value is -1.53. The minimum Gasteiger partial charge on any atom is -0.348 e. The van der Waals surface area contributed by atoms with Crippen molar-refractivity contribution in [2.45, 2.75) is 31.3 Å². The van der Waals surface area contributed by atoms with Gasteiger partial charge in [0, 0.05) is 29.9 Å². The minimum absolute atomic E-state index is 0.116. The molecule has 2 aliphatic carbocycles. The molecule has 0 saturated heterocycles. The molecular formula is C15H15BrN4O. The number of carbonyl (C=O) groups excluding carboxylic acids is 1. The maximum Gasteiger partial charge on any atom is 0.270 e. The van der Waals surface area contributed by atoms with Crippen LogP contribution in [-0.4, -0.2) is 28.0 Å². The van der Waals surface area contributed by atoms with Gasteiger partial charge < -0.3 is 11.1 Å². The van der Waals surface area contributed by atoms with Crippen LogP contribution in [0.5, 0.6) is 0 Å². The number of amides is 1. The number of aromatic nitrogens is 2. The van der Waals surface area contributed by atoms with E-state index >= 15 is 0 Å². The van der Waals surface area contributed by atoms with Crippen molar-refractivity contribution in [2.24, 2.45) is 11.1 Å². The number of hydrogen-bond acceptors (Lipinski definition) is 4. The Balaban J connectivity index is 1.51. The summed E-state index contributed by atoms with van der Waals surface area (Å²) >= 11 is 3.41. The summed E-state index contributed by atoms with van der Waals surface area (Å²) in [5, 5.41) is 3.95. The average Bonchev–Trinajstić information content (AvgIpc) is 3.10. The van der Waals surface area contributed by atoms with Crippen molar-refractivity contribution in [3.05, 3.63) is 34.7 Å². The lowest BCUT2D eigenvalue weighted by Gasteiger charge is -2.36. The number of nitrogens with one attached hydrogen (secondary N) is 1. The van der Waals surface area contributed by atoms with E-state index in [0.29, 0.717) is 17.2 Å². The molecule has 0 radical (unpaired) electrons. The first kappa shape index (κ1) is 13.2. The van der Waals surface area contributed by atoms with Crippen LogP contribution in [0.3, 0.4) is 0 Å². The van der Waals surface area contributed by atoms with Gasteiger partial charge in [0.25, 0.3) is 5.91 Å². The zero-order valence-electron chi connectivity index (χ0n) is 11.3. The molecule has 21 heavy (non-hydrogen) atoms. The van der Waals surface area contributed by atoms with Crippen molar-refractivity contribution < 1.29 is 4.79 Å². The third-order valence-corrected chi connectivity index (χ3v) is 5.26. The summed E-state index contributed by atoms with van der Waals surface area (Å²) in [6, 6.07) is 4.19. The van der Waals surface area contributed by atoms with E-state index in [4.69, 9.17) is 5.73 Å². The van der Waals surface area contributed by atoms with Crippen LogP contribution < -0.4 is 11.1 Å². The highest BCUT2D eigenvalue weighted by Crippen LogP contribution is 2.59. The third kappa shape index (κ3) is 2.13. The van der Waals surface area contributed by atoms with Crippen LogP contribution in [0.2, 0.25) is 0 Å². The van der Waals surface area contributed by atoms with Crippen LogP contribution in [0.25, 0.3) is 10.9 Å². The lowest BCUT2D eigenvalue weighted by atomic mass is 9.76. The molecule has 1 atom stereocenters. The zero-order chi connectivity index (χ0) is 14.6. The Kier molecular flexibility index (Phi) is 2.81. The molecule has 108 valence electrons. The Morgan fingerprint density at radius 2 is 2.10 bits per heavy atom. The number of halogens is 1. The summed E-state index contributed by atoms with van der Waals surface area (Å²) in [6.07, 6.45) is 6.52. The maximum atomic E-state index is 12.3. The van der Waals surface area contributed by atoms with Crippen LogP contribution in [0.4, 0.5) is 0 Å². The third-order valence-electron chi connectivity index (χ3n) is 4.68. The molecule has 0 aliphatic heterocycles. The van der Waals surface area contributed by atoms with Gasteiger partial charge in [-0.05, 0) is 52.7 Å². The van der Waals surface area contributed by atoms with E-state index in [2.05, 4.69) is 31.2 Å². The fourth-order valence-corrected chi connectivity index (χ4v) is 3.70. The molecule has 2 saturated carbocycles. The maximum absolute atomic E-state index is 12.3. The van der Waals surface area contributed by atoms with Gasteiger partial charge in [-0.1, -0.05) is 0 Å². The molecule has 1 spiro atoms. The minimum atomic E-state index is -0.116. The second kappa shape index (κ2) is 4.48. The van der Waals surface area contributed by atoms with Crippen LogP contribution in [-0.2, 0) is 0 Å². The Bertz CT molecular complexity index is 742. The molecule has 2 fully saturated rings. The number of hydrogen-bond donors (Lipinski definition) is 2. The monoisotopic (exact) mass is 346 g/mol. The first-order valence-electron chi connectivity index (χ1n) is 7.04. The van der Waals surface area contributed by atoms with E-state index < -0.39 is 0 Å². The molecule has 1 amide bonds. The summed E-state index contributed by atoms with van der Waals surface area (Å²) in [5.74, 6) is -0.116. The Labute approximate surface area is 130 Å². The predicted molar refractivity (Wildman–Crippen MR) is 82.8 cm³/mol. The van der Waals surface area contributed by atoms with Crippen molar-refractivity contribution in [1.29, 1.82) is 0 Å². The van der Waals surface area contributed by atoms with Gasteiger partial charge in [0.15, 0.2) is 0 Å². The lowest BCUT2D eigenvalue weighted by Crippen LogP contribution is -2.47. The summed E-state index contributed by atoms with van der Waals surface area (Å²) in [4.78, 5) is 20.8. The van der Waals surface area contributed by atoms with Gasteiger partial charge >= 0.3 is 0 Å². The van der Waals surface area contributed by atoms with Crippen molar-refractivity contribution >= 4 is 32.7 Å². The molecule has 2 aliphatic rings. The van der Waals surface area contributed by atoms with Crippen LogP contribution in [0.15, 0.2) is 29.0 Å². The predicted octanol–water partition coefficient (Wildman–Crippen LogP) is 2.00. The largest absolute Gasteiger partial charge is 0.348 e. The highest BCUT2D eigenvalue weighted by atomic mass is 79.9. The van der Waals surface area contributed by atoms with Crippen molar-refractivity contribution in [3.8, 4) is 0 Å². The summed E-state index contributed by atoms with van der Waals surface area (Å²) in [5.41, 5.74) is 7.44. The summed E-state index contributed by atoms with van der Waals surface area (Å²) < 4.78 is 0.793. The average molecular weight is 347 g/mol. The second-order valence-corrected chi connectivity index (χ2v) is 7.00. The van der Waals surface area contributed by atoms with Crippen LogP contribution in [0, 0.1) is 5.41 Å². The van der Waals surface area contributed by atoms with Crippen molar-refractivity contribution in [3.63, 3.8) is 0 Å². The molecule has 6 heteroatoms. The molecule has 0 bridgehead atoms. The van der Waals surface area contributed by atoms with E-state index in [-0.39, 0.29) is 11.9 Å². The number of rotatable bonds is 2.